The molecule has 5 rings (SSSR count). The monoisotopic (exact) mass is 407 g/mol. The van der Waals surface area contributed by atoms with Crippen molar-refractivity contribution in [1.82, 2.24) is 15.2 Å². The second kappa shape index (κ2) is 7.42. The Labute approximate surface area is 171 Å². The summed E-state index contributed by atoms with van der Waals surface area (Å²) in [5.74, 6) is 0.623. The smallest absolute Gasteiger partial charge is 0.181 e. The lowest BCUT2D eigenvalue weighted by Crippen LogP contribution is -2.55. The van der Waals surface area contributed by atoms with Crippen LogP contribution in [0.1, 0.15) is 11.9 Å². The van der Waals surface area contributed by atoms with Gasteiger partial charge in [-0.15, -0.1) is 0 Å². The van der Waals surface area contributed by atoms with E-state index in [0.29, 0.717) is 5.82 Å². The van der Waals surface area contributed by atoms with Crippen molar-refractivity contribution in [3.05, 3.63) is 60.4 Å². The van der Waals surface area contributed by atoms with E-state index < -0.39 is 37.1 Å². The molecule has 5 N–H and O–H groups in total. The second-order valence-electron chi connectivity index (χ2n) is 7.56. The van der Waals surface area contributed by atoms with Gasteiger partial charge in [0.15, 0.2) is 11.6 Å². The van der Waals surface area contributed by atoms with Crippen LogP contribution in [-0.2, 0) is 4.74 Å². The zero-order chi connectivity index (χ0) is 20.8. The maximum Gasteiger partial charge on any atom is 0.181 e. The molecule has 3 aromatic carbocycles. The minimum absolute atomic E-state index is 0.209. The van der Waals surface area contributed by atoms with Crippen LogP contribution in [0.2, 0.25) is 0 Å². The Kier molecular flexibility index (Phi) is 4.73. The van der Waals surface area contributed by atoms with E-state index in [0.717, 1.165) is 21.7 Å². The van der Waals surface area contributed by atoms with Crippen LogP contribution < -0.4 is 0 Å². The zero-order valence-corrected chi connectivity index (χ0v) is 15.9. The highest BCUT2D eigenvalue weighted by atomic mass is 16.5. The van der Waals surface area contributed by atoms with E-state index in [1.807, 2.05) is 30.3 Å². The topological polar surface area (TPSA) is 132 Å². The molecular formula is C22H21N3O5. The molecule has 1 fully saturated rings. The zero-order valence-electron chi connectivity index (χ0n) is 15.9. The summed E-state index contributed by atoms with van der Waals surface area (Å²) in [7, 11) is 0. The maximum atomic E-state index is 10.3. The van der Waals surface area contributed by atoms with Crippen LogP contribution in [0.3, 0.4) is 0 Å². The van der Waals surface area contributed by atoms with E-state index in [9.17, 15) is 20.4 Å². The maximum absolute atomic E-state index is 10.3. The molecule has 0 amide bonds. The van der Waals surface area contributed by atoms with Crippen LogP contribution in [-0.4, -0.2) is 66.6 Å². The van der Waals surface area contributed by atoms with Crippen molar-refractivity contribution in [2.24, 2.45) is 0 Å². The number of aliphatic hydroxyl groups excluding tert-OH is 4. The fourth-order valence-corrected chi connectivity index (χ4v) is 3.94. The van der Waals surface area contributed by atoms with E-state index in [2.05, 4.69) is 39.4 Å². The predicted octanol–water partition coefficient (Wildman–Crippen LogP) is 1.29. The van der Waals surface area contributed by atoms with Gasteiger partial charge in [0.05, 0.1) is 6.61 Å². The third-order valence-electron chi connectivity index (χ3n) is 5.63. The average molecular weight is 407 g/mol. The van der Waals surface area contributed by atoms with Gasteiger partial charge in [-0.05, 0) is 39.7 Å². The van der Waals surface area contributed by atoms with Gasteiger partial charge in [0.2, 0.25) is 0 Å². The first kappa shape index (κ1) is 19.1. The molecule has 8 nitrogen and oxygen atoms in total. The summed E-state index contributed by atoms with van der Waals surface area (Å²) < 4.78 is 5.54. The lowest BCUT2D eigenvalue weighted by atomic mass is 9.95. The number of aromatic amines is 1. The van der Waals surface area contributed by atoms with Gasteiger partial charge in [0.1, 0.15) is 30.5 Å². The van der Waals surface area contributed by atoms with Gasteiger partial charge >= 0.3 is 0 Å². The Balaban J connectivity index is 1.48. The number of hydrogen-bond acceptors (Lipinski definition) is 7. The Morgan fingerprint density at radius 3 is 2.27 bits per heavy atom. The minimum Gasteiger partial charge on any atom is -0.394 e. The highest BCUT2D eigenvalue weighted by Gasteiger charge is 2.45. The summed E-state index contributed by atoms with van der Waals surface area (Å²) in [6.07, 6.45) is -6.35. The number of ether oxygens (including phenoxy) is 1. The molecule has 1 aromatic heterocycles. The highest BCUT2D eigenvalue weighted by molar-refractivity contribution is 5.99. The number of nitrogens with zero attached hydrogens (tertiary/aromatic N) is 2. The summed E-state index contributed by atoms with van der Waals surface area (Å²) in [4.78, 5) is 4.43. The van der Waals surface area contributed by atoms with E-state index in [4.69, 9.17) is 4.74 Å². The molecule has 0 unspecified atom stereocenters. The largest absolute Gasteiger partial charge is 0.394 e. The van der Waals surface area contributed by atoms with Crippen LogP contribution in [0.15, 0.2) is 54.6 Å². The van der Waals surface area contributed by atoms with Crippen molar-refractivity contribution >= 4 is 21.5 Å². The Bertz CT molecular complexity index is 1210. The third-order valence-corrected chi connectivity index (χ3v) is 5.63. The summed E-state index contributed by atoms with van der Waals surface area (Å²) in [5, 5.41) is 51.0. The Hall–Kier alpha value is -2.88. The third kappa shape index (κ3) is 3.15. The van der Waals surface area contributed by atoms with Crippen LogP contribution in [0.25, 0.3) is 32.9 Å². The van der Waals surface area contributed by atoms with Crippen molar-refractivity contribution < 1.29 is 25.2 Å². The summed E-state index contributed by atoms with van der Waals surface area (Å²) >= 11 is 0. The standard InChI is InChI=1S/C22H21N3O5/c26-10-16-17(27)18(28)19(29)20(30-16)22-23-21(24-25-22)14-6-5-13-7-11-3-1-2-4-12(11)8-15(13)9-14/h1-9,16-20,26-29H,10H2,(H,23,24,25)/t16-,17-,18+,19-,20-/m1/s1. The molecule has 0 bridgehead atoms. The van der Waals surface area contributed by atoms with Crippen LogP contribution in [0.4, 0.5) is 0 Å². The molecular weight excluding hydrogens is 386 g/mol. The van der Waals surface area contributed by atoms with Gasteiger partial charge in [-0.2, -0.15) is 5.10 Å². The van der Waals surface area contributed by atoms with E-state index in [1.54, 1.807) is 0 Å². The first-order valence-corrected chi connectivity index (χ1v) is 9.71. The van der Waals surface area contributed by atoms with Gasteiger partial charge < -0.3 is 25.2 Å². The lowest BCUT2D eigenvalue weighted by Gasteiger charge is -2.38. The fourth-order valence-electron chi connectivity index (χ4n) is 3.94. The first-order chi connectivity index (χ1) is 14.5. The van der Waals surface area contributed by atoms with Crippen molar-refractivity contribution in [3.8, 4) is 11.4 Å². The molecule has 30 heavy (non-hydrogen) atoms. The molecule has 1 aliphatic rings. The van der Waals surface area contributed by atoms with E-state index in [-0.39, 0.29) is 5.82 Å². The number of fused-ring (bicyclic) bond motifs is 2. The fraction of sp³-hybridized carbons (Fsp3) is 0.273. The molecule has 0 saturated carbocycles. The first-order valence-electron chi connectivity index (χ1n) is 9.71. The van der Waals surface area contributed by atoms with Crippen LogP contribution in [0, 0.1) is 0 Å². The molecule has 0 aliphatic carbocycles. The van der Waals surface area contributed by atoms with Gasteiger partial charge in [0, 0.05) is 5.56 Å². The van der Waals surface area contributed by atoms with Gasteiger partial charge in [-0.1, -0.05) is 36.4 Å². The quantitative estimate of drug-likeness (QED) is 0.323. The number of rotatable bonds is 3. The van der Waals surface area contributed by atoms with Crippen molar-refractivity contribution in [2.45, 2.75) is 30.5 Å². The molecule has 1 saturated heterocycles. The normalized spacial score (nSPS) is 27.0. The Morgan fingerprint density at radius 1 is 0.833 bits per heavy atom. The summed E-state index contributed by atoms with van der Waals surface area (Å²) in [6, 6.07) is 18.3. The molecule has 4 aromatic rings. The summed E-state index contributed by atoms with van der Waals surface area (Å²) in [5.41, 5.74) is 0.782. The molecule has 1 aliphatic heterocycles. The average Bonchev–Trinajstić information content (AvgIpc) is 3.26. The van der Waals surface area contributed by atoms with Crippen LogP contribution >= 0.6 is 0 Å². The predicted molar refractivity (Wildman–Crippen MR) is 110 cm³/mol. The number of H-pyrrole nitrogens is 1. The molecule has 0 radical (unpaired) electrons. The summed E-state index contributed by atoms with van der Waals surface area (Å²) in [6.45, 7) is -0.499. The SMILES string of the molecule is OC[C@H]1O[C@@H](c2nc(-c3ccc4cc5ccccc5cc4c3)n[nH]2)[C@H](O)[C@@H](O)[C@@H]1O. The van der Waals surface area contributed by atoms with Crippen molar-refractivity contribution in [3.63, 3.8) is 0 Å². The molecule has 2 heterocycles. The second-order valence-corrected chi connectivity index (χ2v) is 7.56. The lowest BCUT2D eigenvalue weighted by molar-refractivity contribution is -0.233. The number of benzene rings is 3. The van der Waals surface area contributed by atoms with Gasteiger partial charge in [-0.25, -0.2) is 4.98 Å². The minimum atomic E-state index is -1.47. The molecule has 0 spiro atoms. The number of nitrogens with one attached hydrogen (secondary N) is 1. The van der Waals surface area contributed by atoms with Crippen molar-refractivity contribution in [2.75, 3.05) is 6.61 Å². The Morgan fingerprint density at radius 2 is 1.53 bits per heavy atom. The van der Waals surface area contributed by atoms with Gasteiger partial charge in [0.25, 0.3) is 0 Å². The molecule has 154 valence electrons. The molecule has 8 heteroatoms. The highest BCUT2D eigenvalue weighted by Crippen LogP contribution is 2.32. The van der Waals surface area contributed by atoms with Crippen LogP contribution in [0.5, 0.6) is 0 Å². The number of aliphatic hydroxyl groups is 4. The molecule has 5 atom stereocenters. The van der Waals surface area contributed by atoms with E-state index in [1.165, 1.54) is 5.39 Å². The van der Waals surface area contributed by atoms with E-state index >= 15 is 0 Å². The number of hydrogen-bond donors (Lipinski definition) is 5. The van der Waals surface area contributed by atoms with Gasteiger partial charge in [-0.3, -0.25) is 5.10 Å². The van der Waals surface area contributed by atoms with Crippen molar-refractivity contribution in [1.29, 1.82) is 0 Å². The number of aromatic nitrogens is 3.